The molecule has 2 aliphatic rings. The predicted octanol–water partition coefficient (Wildman–Crippen LogP) is 7.39. The number of ketones is 2. The number of β-amino-alcohol motifs (C(OH)–C–C–N with tert-alkyl or cyclic N) is 2. The first-order valence-corrected chi connectivity index (χ1v) is 24.5. The second kappa shape index (κ2) is 29.9. The number of hydrogen-bond donors (Lipinski definition) is 5. The van der Waals surface area contributed by atoms with Gasteiger partial charge >= 0.3 is 0 Å². The van der Waals surface area contributed by atoms with Gasteiger partial charge in [-0.2, -0.15) is 0 Å². The van der Waals surface area contributed by atoms with E-state index in [1.54, 1.807) is 37.5 Å². The van der Waals surface area contributed by atoms with E-state index < -0.39 is 0 Å². The number of aliphatic hydroxyl groups excluding tert-OH is 2. The van der Waals surface area contributed by atoms with Crippen LogP contribution in [0.1, 0.15) is 53.2 Å². The monoisotopic (exact) mass is 1190 g/mol. The molecule has 0 unspecified atom stereocenters. The molecule has 2 aliphatic heterocycles. The summed E-state index contributed by atoms with van der Waals surface area (Å²) in [6.07, 6.45) is 3.63. The number of nitrogens with zero attached hydrogens (tertiary/aromatic N) is 9. The fourth-order valence-corrected chi connectivity index (χ4v) is 9.53. The molecule has 0 spiro atoms. The van der Waals surface area contributed by atoms with Gasteiger partial charge in [-0.25, -0.2) is 29.9 Å². The van der Waals surface area contributed by atoms with Crippen LogP contribution in [0.25, 0.3) is 0 Å². The Balaban J connectivity index is 0.000000254. The van der Waals surface area contributed by atoms with Crippen molar-refractivity contribution in [2.75, 3.05) is 94.2 Å². The average Bonchev–Trinajstić information content (AvgIpc) is 3.97. The number of piperazine rings is 2. The van der Waals surface area contributed by atoms with E-state index in [4.69, 9.17) is 45.0 Å². The van der Waals surface area contributed by atoms with Crippen LogP contribution in [0.15, 0.2) is 60.9 Å². The van der Waals surface area contributed by atoms with E-state index >= 15 is 0 Å². The molecule has 5 N–H and O–H groups in total. The van der Waals surface area contributed by atoms with Gasteiger partial charge in [0.1, 0.15) is 34.3 Å². The van der Waals surface area contributed by atoms with Gasteiger partial charge in [0.15, 0.2) is 21.8 Å². The predicted molar refractivity (Wildman–Crippen MR) is 270 cm³/mol. The second-order valence-electron chi connectivity index (χ2n) is 15.7. The number of carbonyl (C=O) groups excluding carboxylic acids is 2. The van der Waals surface area contributed by atoms with Crippen molar-refractivity contribution in [2.24, 2.45) is 0 Å². The van der Waals surface area contributed by atoms with Crippen molar-refractivity contribution in [2.45, 2.75) is 40.5 Å². The molecule has 2 saturated heterocycles. The number of rotatable bonds is 15. The van der Waals surface area contributed by atoms with Crippen molar-refractivity contribution >= 4 is 96.8 Å². The summed E-state index contributed by atoms with van der Waals surface area (Å²) in [5.74, 6) is 3.21. The molecule has 16 nitrogen and oxygen atoms in total. The molecule has 6 heterocycles. The van der Waals surface area contributed by atoms with Crippen molar-refractivity contribution in [1.29, 1.82) is 0 Å². The molecule has 2 fully saturated rings. The average molecular weight is 1190 g/mol. The molecule has 0 bridgehead atoms. The number of aryl methyl sites for hydroxylation is 4. The van der Waals surface area contributed by atoms with Gasteiger partial charge in [0.2, 0.25) is 0 Å². The Morgan fingerprint density at radius 1 is 0.652 bits per heavy atom. The molecule has 2 radical (unpaired) electrons. The second-order valence-corrected chi connectivity index (χ2v) is 19.0. The number of carbonyl (C=O) groups is 2. The maximum Gasteiger partial charge on any atom is 0.188 e. The van der Waals surface area contributed by atoms with Crippen LogP contribution in [0, 0.1) is 27.7 Å². The number of benzene rings is 2. The van der Waals surface area contributed by atoms with Crippen LogP contribution in [-0.4, -0.2) is 140 Å². The molecule has 362 valence electrons. The summed E-state index contributed by atoms with van der Waals surface area (Å²) >= 11 is 21.0. The smallest absolute Gasteiger partial charge is 0.188 e. The number of anilines is 5. The third kappa shape index (κ3) is 18.5. The minimum Gasteiger partial charge on any atom is -0.395 e. The van der Waals surface area contributed by atoms with Gasteiger partial charge in [0.25, 0.3) is 0 Å². The van der Waals surface area contributed by atoms with Crippen molar-refractivity contribution in [3.8, 4) is 0 Å². The van der Waals surface area contributed by atoms with Crippen LogP contribution in [0.4, 0.5) is 27.7 Å². The molecule has 6 aromatic rings. The number of aromatic nitrogens is 6. The first kappa shape index (κ1) is 59.0. The first-order valence-electron chi connectivity index (χ1n) is 21.8. The summed E-state index contributed by atoms with van der Waals surface area (Å²) in [6.45, 7) is 17.3. The third-order valence-corrected chi connectivity index (χ3v) is 13.6. The number of halogens is 3. The van der Waals surface area contributed by atoms with E-state index in [2.05, 4.69) is 60.6 Å². The van der Waals surface area contributed by atoms with Crippen molar-refractivity contribution < 1.29 is 85.2 Å². The molecule has 69 heavy (non-hydrogen) atoms. The normalized spacial score (nSPS) is 13.7. The van der Waals surface area contributed by atoms with Gasteiger partial charge in [-0.05, 0) is 62.1 Å². The van der Waals surface area contributed by atoms with Gasteiger partial charge in [0, 0.05) is 166 Å². The van der Waals surface area contributed by atoms with Gasteiger partial charge < -0.3 is 31.1 Å². The summed E-state index contributed by atoms with van der Waals surface area (Å²) in [7, 11) is 0. The number of thiazole rings is 2. The molecule has 0 amide bonds. The number of hydrogen-bond acceptors (Lipinski definition) is 18. The Labute approximate surface area is 476 Å². The fraction of sp³-hybridized carbons (Fsp3) is 0.391. The minimum absolute atomic E-state index is 0. The van der Waals surface area contributed by atoms with E-state index in [1.807, 2.05) is 51.1 Å². The summed E-state index contributed by atoms with van der Waals surface area (Å²) in [4.78, 5) is 59.1. The van der Waals surface area contributed by atoms with Crippen molar-refractivity contribution in [3.05, 3.63) is 120 Å². The largest absolute Gasteiger partial charge is 0.395 e. The van der Waals surface area contributed by atoms with Gasteiger partial charge in [0.05, 0.1) is 35.4 Å². The number of nitrogens with one attached hydrogen (secondary N) is 3. The molecule has 23 heteroatoms. The maximum atomic E-state index is 12.8. The van der Waals surface area contributed by atoms with Crippen LogP contribution < -0.4 is 20.9 Å². The van der Waals surface area contributed by atoms with Gasteiger partial charge in [-0.15, -0.1) is 0 Å². The van der Waals surface area contributed by atoms with E-state index in [-0.39, 0.29) is 96.4 Å². The molecular formula is C46H55Cl3N12O4S2Y2. The summed E-state index contributed by atoms with van der Waals surface area (Å²) in [5.41, 5.74) is 3.69. The number of Topliss-reactive ketones (excluding diaryl/α,β-unsaturated/α-hetero) is 2. The summed E-state index contributed by atoms with van der Waals surface area (Å²) < 4.78 is 0. The number of aliphatic hydroxyl groups is 2. The van der Waals surface area contributed by atoms with Gasteiger partial charge in [-0.1, -0.05) is 81.7 Å². The molecule has 4 aromatic heterocycles. The fourth-order valence-electron chi connectivity index (χ4n) is 7.21. The molecule has 0 saturated carbocycles. The maximum absolute atomic E-state index is 12.8. The molecule has 2 aromatic carbocycles. The van der Waals surface area contributed by atoms with Crippen molar-refractivity contribution in [1.82, 2.24) is 45.0 Å². The van der Waals surface area contributed by atoms with Crippen LogP contribution in [0.5, 0.6) is 0 Å². The van der Waals surface area contributed by atoms with Gasteiger partial charge in [-0.3, -0.25) is 19.4 Å². The first-order chi connectivity index (χ1) is 32.3. The standard InChI is InChI=1S/C23H27ClN6O2S.C17H14Cl2N4OS.C6H14N2O.2Y/c1-15-4-3-5-18(24)17(15)12-19(32)20-14-25-23(33-20)28-21-13-22(27-16(2)26-21)30-8-6-29(7-9-30)10-11-31;1-9-4-3-5-12(18)11(9)6-13(24)14-8-20-17(25-14)23-16-7-15(19)21-10(2)22-16;9-6-5-8-3-1-7-2-4-8;;/h3-5,13-14,31H,6-12H2,1-2H3,(H,25,26,27,28);3-5,7-8H,6H2,1-2H3,(H,20,21,22,23);7,9H,1-6H2;;. The Bertz CT molecular complexity index is 2530. The Morgan fingerprint density at radius 3 is 1.58 bits per heavy atom. The van der Waals surface area contributed by atoms with E-state index in [1.165, 1.54) is 22.7 Å². The van der Waals surface area contributed by atoms with Crippen molar-refractivity contribution in [3.63, 3.8) is 0 Å². The minimum atomic E-state index is -0.0290. The van der Waals surface area contributed by atoms with Crippen LogP contribution in [0.2, 0.25) is 15.2 Å². The molecule has 0 atom stereocenters. The Morgan fingerprint density at radius 2 is 1.12 bits per heavy atom. The Hall–Kier alpha value is -2.52. The van der Waals surface area contributed by atoms with E-state index in [0.717, 1.165) is 87.0 Å². The van der Waals surface area contributed by atoms with E-state index in [9.17, 15) is 9.59 Å². The zero-order valence-corrected chi connectivity index (χ0v) is 48.6. The zero-order chi connectivity index (χ0) is 47.9. The summed E-state index contributed by atoms with van der Waals surface area (Å²) in [6, 6.07) is 14.7. The summed E-state index contributed by atoms with van der Waals surface area (Å²) in [5, 5.41) is 29.9. The Kier molecular flexibility index (Phi) is 25.6. The van der Waals surface area contributed by atoms with Crippen LogP contribution >= 0.6 is 57.5 Å². The van der Waals surface area contributed by atoms with E-state index in [0.29, 0.717) is 71.7 Å². The topological polar surface area (TPSA) is 198 Å². The third-order valence-electron chi connectivity index (χ3n) is 10.8. The molecule has 8 rings (SSSR count). The molecule has 0 aliphatic carbocycles. The zero-order valence-electron chi connectivity index (χ0n) is 39.0. The van der Waals surface area contributed by atoms with Crippen LogP contribution in [-0.2, 0) is 78.3 Å². The SMILES string of the molecule is Cc1nc(Cl)cc(Nc2ncc(C(=O)Cc3c(C)cccc3Cl)s2)n1.Cc1nc(Nc2ncc(C(=O)Cc3c(C)cccc3Cl)s2)cc(N2CCN(CCO)CC2)n1.OCCN1CCNCC1.[Y].[Y]. The quantitative estimate of drug-likeness (QED) is 0.0504. The molecular weight excluding hydrogens is 1130 g/mol. The van der Waals surface area contributed by atoms with Crippen LogP contribution in [0.3, 0.4) is 0 Å².